The van der Waals surface area contributed by atoms with Crippen molar-refractivity contribution >= 4 is 15.7 Å². The first-order chi connectivity index (χ1) is 8.09. The minimum absolute atomic E-state index is 0.190. The molecule has 1 aromatic carbocycles. The highest BCUT2D eigenvalue weighted by atomic mass is 32.2. The van der Waals surface area contributed by atoms with Gasteiger partial charge < -0.3 is 10.5 Å². The van der Waals surface area contributed by atoms with Crippen LogP contribution >= 0.6 is 0 Å². The van der Waals surface area contributed by atoms with Crippen molar-refractivity contribution in [1.29, 1.82) is 0 Å². The molecule has 94 valence electrons. The van der Waals surface area contributed by atoms with Crippen LogP contribution in [0.15, 0.2) is 24.3 Å². The van der Waals surface area contributed by atoms with E-state index in [9.17, 15) is 8.42 Å². The zero-order valence-electron chi connectivity index (χ0n) is 9.43. The highest BCUT2D eigenvalue weighted by molar-refractivity contribution is 7.90. The van der Waals surface area contributed by atoms with Crippen LogP contribution in [0.25, 0.3) is 0 Å². The van der Waals surface area contributed by atoms with Gasteiger partial charge in [-0.15, -0.1) is 0 Å². The van der Waals surface area contributed by atoms with Gasteiger partial charge in [0, 0.05) is 6.54 Å². The molecule has 1 aliphatic rings. The first kappa shape index (κ1) is 12.2. The lowest BCUT2D eigenvalue weighted by Crippen LogP contribution is -2.31. The van der Waals surface area contributed by atoms with Crippen molar-refractivity contribution < 1.29 is 13.2 Å². The standard InChI is InChI=1S/C11H16N2O3S/c12-10-3-1-2-4-11(10)16-8-7-13-17(14,15)9-5-6-9/h1-4,9,13H,5-8,12H2. The molecule has 5 nitrogen and oxygen atoms in total. The molecule has 1 fully saturated rings. The highest BCUT2D eigenvalue weighted by Crippen LogP contribution is 2.27. The third kappa shape index (κ3) is 3.34. The summed E-state index contributed by atoms with van der Waals surface area (Å²) in [7, 11) is -3.11. The Labute approximate surface area is 101 Å². The topological polar surface area (TPSA) is 81.4 Å². The van der Waals surface area contributed by atoms with Gasteiger partial charge in [0.15, 0.2) is 0 Å². The van der Waals surface area contributed by atoms with Crippen molar-refractivity contribution in [1.82, 2.24) is 4.72 Å². The number of para-hydroxylation sites is 2. The second-order valence-corrected chi connectivity index (χ2v) is 6.07. The number of hydrogen-bond donors (Lipinski definition) is 2. The van der Waals surface area contributed by atoms with Crippen LogP contribution in [0.3, 0.4) is 0 Å². The van der Waals surface area contributed by atoms with E-state index in [-0.39, 0.29) is 18.4 Å². The van der Waals surface area contributed by atoms with E-state index in [4.69, 9.17) is 10.5 Å². The molecule has 0 atom stereocenters. The zero-order valence-corrected chi connectivity index (χ0v) is 10.2. The maximum absolute atomic E-state index is 11.5. The molecule has 0 bridgehead atoms. The van der Waals surface area contributed by atoms with E-state index in [2.05, 4.69) is 4.72 Å². The van der Waals surface area contributed by atoms with E-state index in [1.54, 1.807) is 12.1 Å². The Kier molecular flexibility index (Phi) is 3.54. The molecule has 0 heterocycles. The zero-order chi connectivity index (χ0) is 12.3. The van der Waals surface area contributed by atoms with E-state index in [0.29, 0.717) is 11.4 Å². The van der Waals surface area contributed by atoms with Crippen molar-refractivity contribution in [3.8, 4) is 5.75 Å². The SMILES string of the molecule is Nc1ccccc1OCCNS(=O)(=O)C1CC1. The summed E-state index contributed by atoms with van der Waals surface area (Å²) in [5.41, 5.74) is 6.24. The Hall–Kier alpha value is -1.27. The lowest BCUT2D eigenvalue weighted by Gasteiger charge is -2.09. The van der Waals surface area contributed by atoms with Crippen LogP contribution in [-0.4, -0.2) is 26.8 Å². The maximum Gasteiger partial charge on any atom is 0.214 e. The summed E-state index contributed by atoms with van der Waals surface area (Å²) in [6, 6.07) is 7.13. The average Bonchev–Trinajstić information content (AvgIpc) is 3.10. The predicted octanol–water partition coefficient (Wildman–Crippen LogP) is 0.729. The third-order valence-corrected chi connectivity index (χ3v) is 4.50. The van der Waals surface area contributed by atoms with Crippen molar-refractivity contribution in [2.24, 2.45) is 0 Å². The first-order valence-corrected chi connectivity index (χ1v) is 7.10. The Morgan fingerprint density at radius 1 is 1.35 bits per heavy atom. The van der Waals surface area contributed by atoms with Gasteiger partial charge in [-0.1, -0.05) is 12.1 Å². The molecular formula is C11H16N2O3S. The molecular weight excluding hydrogens is 240 g/mol. The summed E-state index contributed by atoms with van der Waals surface area (Å²) in [5.74, 6) is 0.582. The van der Waals surface area contributed by atoms with E-state index >= 15 is 0 Å². The number of sulfonamides is 1. The van der Waals surface area contributed by atoms with Crippen LogP contribution in [-0.2, 0) is 10.0 Å². The number of hydrogen-bond acceptors (Lipinski definition) is 4. The molecule has 6 heteroatoms. The minimum Gasteiger partial charge on any atom is -0.490 e. The molecule has 0 saturated heterocycles. The molecule has 0 amide bonds. The Balaban J connectivity index is 1.75. The van der Waals surface area contributed by atoms with Crippen LogP contribution in [0, 0.1) is 0 Å². The lowest BCUT2D eigenvalue weighted by molar-refractivity contribution is 0.324. The van der Waals surface area contributed by atoms with Crippen LogP contribution in [0.1, 0.15) is 12.8 Å². The van der Waals surface area contributed by atoms with E-state index in [1.165, 1.54) is 0 Å². The second-order valence-electron chi connectivity index (χ2n) is 4.02. The van der Waals surface area contributed by atoms with Crippen LogP contribution in [0.2, 0.25) is 0 Å². The summed E-state index contributed by atoms with van der Waals surface area (Å²) < 4.78 is 30.9. The molecule has 0 radical (unpaired) electrons. The van der Waals surface area contributed by atoms with Gasteiger partial charge in [-0.2, -0.15) is 0 Å². The van der Waals surface area contributed by atoms with Crippen LogP contribution < -0.4 is 15.2 Å². The Bertz CT molecular complexity index is 483. The smallest absolute Gasteiger partial charge is 0.214 e. The number of rotatable bonds is 6. The molecule has 1 aliphatic carbocycles. The van der Waals surface area contributed by atoms with Gasteiger partial charge in [-0.05, 0) is 25.0 Å². The summed E-state index contributed by atoms with van der Waals surface area (Å²) in [4.78, 5) is 0. The van der Waals surface area contributed by atoms with Gasteiger partial charge in [-0.25, -0.2) is 13.1 Å². The van der Waals surface area contributed by atoms with Gasteiger partial charge >= 0.3 is 0 Å². The van der Waals surface area contributed by atoms with E-state index < -0.39 is 10.0 Å². The highest BCUT2D eigenvalue weighted by Gasteiger charge is 2.35. The Morgan fingerprint density at radius 2 is 2.06 bits per heavy atom. The molecule has 3 N–H and O–H groups in total. The lowest BCUT2D eigenvalue weighted by atomic mass is 10.3. The number of anilines is 1. The van der Waals surface area contributed by atoms with Crippen molar-refractivity contribution in [2.45, 2.75) is 18.1 Å². The molecule has 1 saturated carbocycles. The number of nitrogens with one attached hydrogen (secondary N) is 1. The predicted molar refractivity (Wildman–Crippen MR) is 66.3 cm³/mol. The Morgan fingerprint density at radius 3 is 2.71 bits per heavy atom. The number of ether oxygens (including phenoxy) is 1. The largest absolute Gasteiger partial charge is 0.490 e. The minimum atomic E-state index is -3.11. The molecule has 2 rings (SSSR count). The number of benzene rings is 1. The number of nitrogens with two attached hydrogens (primary N) is 1. The van der Waals surface area contributed by atoms with Gasteiger partial charge in [0.2, 0.25) is 10.0 Å². The summed E-state index contributed by atoms with van der Waals surface area (Å²) in [6.07, 6.45) is 1.53. The third-order valence-electron chi connectivity index (χ3n) is 2.55. The fraction of sp³-hybridized carbons (Fsp3) is 0.455. The molecule has 1 aromatic rings. The van der Waals surface area contributed by atoms with Gasteiger partial charge in [0.25, 0.3) is 0 Å². The normalized spacial score (nSPS) is 15.8. The second kappa shape index (κ2) is 4.93. The van der Waals surface area contributed by atoms with Crippen molar-refractivity contribution in [3.63, 3.8) is 0 Å². The van der Waals surface area contributed by atoms with Gasteiger partial charge in [-0.3, -0.25) is 0 Å². The molecule has 0 aromatic heterocycles. The molecule has 0 unspecified atom stereocenters. The van der Waals surface area contributed by atoms with Gasteiger partial charge in [0.1, 0.15) is 12.4 Å². The quantitative estimate of drug-likeness (QED) is 0.580. The van der Waals surface area contributed by atoms with Crippen LogP contribution in [0.5, 0.6) is 5.75 Å². The summed E-state index contributed by atoms with van der Waals surface area (Å²) in [6.45, 7) is 0.549. The monoisotopic (exact) mass is 256 g/mol. The molecule has 0 aliphatic heterocycles. The van der Waals surface area contributed by atoms with E-state index in [0.717, 1.165) is 12.8 Å². The fourth-order valence-corrected chi connectivity index (χ4v) is 2.81. The van der Waals surface area contributed by atoms with E-state index in [1.807, 2.05) is 12.1 Å². The van der Waals surface area contributed by atoms with Crippen molar-refractivity contribution in [3.05, 3.63) is 24.3 Å². The number of nitrogen functional groups attached to an aromatic ring is 1. The molecule has 0 spiro atoms. The first-order valence-electron chi connectivity index (χ1n) is 5.55. The van der Waals surface area contributed by atoms with Crippen molar-refractivity contribution in [2.75, 3.05) is 18.9 Å². The van der Waals surface area contributed by atoms with Crippen LogP contribution in [0.4, 0.5) is 5.69 Å². The fourth-order valence-electron chi connectivity index (χ4n) is 1.45. The summed E-state index contributed by atoms with van der Waals surface area (Å²) in [5, 5.41) is -0.190. The summed E-state index contributed by atoms with van der Waals surface area (Å²) >= 11 is 0. The maximum atomic E-state index is 11.5. The van der Waals surface area contributed by atoms with Gasteiger partial charge in [0.05, 0.1) is 10.9 Å². The molecule has 17 heavy (non-hydrogen) atoms. The average molecular weight is 256 g/mol.